The number of nitrogens with one attached hydrogen (secondary N) is 7. The van der Waals surface area contributed by atoms with Crippen molar-refractivity contribution in [1.29, 1.82) is 0 Å². The van der Waals surface area contributed by atoms with Gasteiger partial charge in [-0.15, -0.1) is 0 Å². The Labute approximate surface area is 452 Å². The van der Waals surface area contributed by atoms with Crippen molar-refractivity contribution in [2.45, 2.75) is 39.2 Å². The van der Waals surface area contributed by atoms with E-state index in [1.165, 1.54) is 32.0 Å². The Morgan fingerprint density at radius 2 is 1.47 bits per heavy atom. The number of nitro groups is 1. The number of anilines is 6. The first-order chi connectivity index (χ1) is 37.7. The molecule has 0 bridgehead atoms. The van der Waals surface area contributed by atoms with Crippen LogP contribution in [0.25, 0.3) is 10.9 Å². The van der Waals surface area contributed by atoms with Crippen LogP contribution in [0.5, 0.6) is 0 Å². The van der Waals surface area contributed by atoms with Crippen LogP contribution in [0.4, 0.5) is 47.5 Å². The van der Waals surface area contributed by atoms with Gasteiger partial charge in [-0.3, -0.25) is 44.6 Å². The maximum atomic E-state index is 14.0. The number of fused-ring (bicyclic) bond motifs is 1. The molecule has 2 aliphatic rings. The van der Waals surface area contributed by atoms with Crippen LogP contribution in [-0.4, -0.2) is 153 Å². The molecule has 4 heterocycles. The molecule has 0 unspecified atom stereocenters. The van der Waals surface area contributed by atoms with E-state index in [1.807, 2.05) is 36.4 Å². The first-order valence-electron chi connectivity index (χ1n) is 25.5. The average molecular weight is 1100 g/mol. The molecule has 8 rings (SSSR count). The number of thiazole rings is 1. The van der Waals surface area contributed by atoms with Gasteiger partial charge in [-0.1, -0.05) is 6.07 Å². The Hall–Kier alpha value is -7.68. The number of halogens is 2. The van der Waals surface area contributed by atoms with Crippen molar-refractivity contribution in [2.75, 3.05) is 130 Å². The number of piperazine rings is 1. The lowest BCUT2D eigenvalue weighted by atomic mass is 10.0. The Bertz CT molecular complexity index is 3050. The van der Waals surface area contributed by atoms with Gasteiger partial charge in [0.05, 0.1) is 73.4 Å². The third kappa shape index (κ3) is 16.2. The average Bonchev–Trinajstić information content (AvgIpc) is 3.99. The van der Waals surface area contributed by atoms with E-state index >= 15 is 0 Å². The summed E-state index contributed by atoms with van der Waals surface area (Å²) in [6.45, 7) is 9.85. The Balaban J connectivity index is 0.702. The van der Waals surface area contributed by atoms with Crippen molar-refractivity contribution in [3.8, 4) is 0 Å². The summed E-state index contributed by atoms with van der Waals surface area (Å²) in [7, 11) is 0. The van der Waals surface area contributed by atoms with Gasteiger partial charge in [-0.05, 0) is 109 Å². The van der Waals surface area contributed by atoms with E-state index in [-0.39, 0.29) is 57.4 Å². The molecule has 6 aromatic rings. The molecule has 414 valence electrons. The van der Waals surface area contributed by atoms with Crippen LogP contribution in [0.2, 0.25) is 0 Å². The van der Waals surface area contributed by atoms with Gasteiger partial charge in [0, 0.05) is 94.0 Å². The number of H-pyrrole nitrogens is 1. The maximum absolute atomic E-state index is 14.0. The van der Waals surface area contributed by atoms with Crippen LogP contribution >= 0.6 is 11.3 Å². The van der Waals surface area contributed by atoms with Crippen molar-refractivity contribution in [3.05, 3.63) is 122 Å². The van der Waals surface area contributed by atoms with Gasteiger partial charge >= 0.3 is 5.00 Å². The second kappa shape index (κ2) is 27.6. The zero-order valence-electron chi connectivity index (χ0n) is 43.2. The van der Waals surface area contributed by atoms with E-state index in [9.17, 15) is 38.1 Å². The van der Waals surface area contributed by atoms with Crippen molar-refractivity contribution in [2.24, 2.45) is 0 Å². The van der Waals surface area contributed by atoms with E-state index in [1.54, 1.807) is 12.1 Å². The second-order valence-electron chi connectivity index (χ2n) is 18.6. The molecule has 4 aromatic carbocycles. The Kier molecular flexibility index (Phi) is 20.0. The highest BCUT2D eigenvalue weighted by Crippen LogP contribution is 2.32. The van der Waals surface area contributed by atoms with E-state index in [0.29, 0.717) is 138 Å². The fourth-order valence-corrected chi connectivity index (χ4v) is 9.69. The lowest BCUT2D eigenvalue weighted by molar-refractivity contribution is -0.380. The third-order valence-corrected chi connectivity index (χ3v) is 13.8. The predicted molar refractivity (Wildman–Crippen MR) is 292 cm³/mol. The highest BCUT2D eigenvalue weighted by atomic mass is 32.1. The number of aromatic amines is 1. The molecule has 2 saturated heterocycles. The van der Waals surface area contributed by atoms with E-state index in [2.05, 4.69) is 56.9 Å². The van der Waals surface area contributed by atoms with Crippen molar-refractivity contribution < 1.29 is 51.8 Å². The maximum Gasteiger partial charge on any atom is 0.348 e. The molecule has 0 atom stereocenters. The number of carbonyl (C=O) groups excluding carboxylic acids is 4. The number of benzene rings is 4. The molecular weight excluding hydrogens is 1030 g/mol. The molecule has 22 nitrogen and oxygen atoms in total. The number of amides is 4. The molecule has 78 heavy (non-hydrogen) atoms. The van der Waals surface area contributed by atoms with Gasteiger partial charge in [0.2, 0.25) is 11.8 Å². The highest BCUT2D eigenvalue weighted by molar-refractivity contribution is 7.19. The van der Waals surface area contributed by atoms with Crippen molar-refractivity contribution in [1.82, 2.24) is 25.4 Å². The van der Waals surface area contributed by atoms with Gasteiger partial charge in [0.25, 0.3) is 11.8 Å². The summed E-state index contributed by atoms with van der Waals surface area (Å²) in [5.41, 5.74) is 5.29. The minimum atomic E-state index is -0.645. The number of nitrogens with zero attached hydrogens (tertiary/aromatic N) is 5. The van der Waals surface area contributed by atoms with E-state index < -0.39 is 22.5 Å². The molecule has 0 saturated carbocycles. The fourth-order valence-electron chi connectivity index (χ4n) is 8.91. The van der Waals surface area contributed by atoms with Crippen LogP contribution in [0.1, 0.15) is 57.3 Å². The SMILES string of the molecule is CC(=O)Nc1cc(NCCOCCOCCOCCNC(=O)CN2CCN(c3ccc(C(=O)Nc4n[nH]c5ccc(Cc6cc(F)cc(F)c6)cc45)c(NC4CCOCC4)c3)CC2)ccc1C(=O)Nc1nc(C)c([N+](=O)[O-])s1. The Morgan fingerprint density at radius 1 is 0.795 bits per heavy atom. The number of carbonyl (C=O) groups is 4. The van der Waals surface area contributed by atoms with Gasteiger partial charge < -0.3 is 50.4 Å². The number of hydrogen-bond acceptors (Lipinski definition) is 17. The molecular formula is C53H62F2N12O10S. The van der Waals surface area contributed by atoms with E-state index in [0.717, 1.165) is 41.5 Å². The lowest BCUT2D eigenvalue weighted by Crippen LogP contribution is -2.49. The van der Waals surface area contributed by atoms with Crippen LogP contribution in [0, 0.1) is 28.7 Å². The molecule has 25 heteroatoms. The van der Waals surface area contributed by atoms with E-state index in [4.69, 9.17) is 18.9 Å². The van der Waals surface area contributed by atoms with Crippen molar-refractivity contribution >= 4 is 84.6 Å². The first kappa shape index (κ1) is 56.5. The monoisotopic (exact) mass is 1100 g/mol. The first-order valence-corrected chi connectivity index (χ1v) is 26.3. The summed E-state index contributed by atoms with van der Waals surface area (Å²) in [5, 5.41) is 37.0. The zero-order chi connectivity index (χ0) is 55.0. The number of aryl methyl sites for hydroxylation is 1. The lowest BCUT2D eigenvalue weighted by Gasteiger charge is -2.36. The van der Waals surface area contributed by atoms with Gasteiger partial charge in [0.15, 0.2) is 10.9 Å². The topological polar surface area (TPSA) is 269 Å². The summed E-state index contributed by atoms with van der Waals surface area (Å²) in [4.78, 5) is 70.7. The largest absolute Gasteiger partial charge is 0.383 e. The number of aromatic nitrogens is 3. The molecule has 0 aliphatic carbocycles. The summed E-state index contributed by atoms with van der Waals surface area (Å²) < 4.78 is 50.3. The van der Waals surface area contributed by atoms with Crippen LogP contribution in [-0.2, 0) is 35.0 Å². The normalized spacial score (nSPS) is 14.0. The fraction of sp³-hybridized carbons (Fsp3) is 0.396. The third-order valence-electron chi connectivity index (χ3n) is 12.7. The van der Waals surface area contributed by atoms with Crippen LogP contribution < -0.4 is 36.8 Å². The van der Waals surface area contributed by atoms with Crippen molar-refractivity contribution in [3.63, 3.8) is 0 Å². The summed E-state index contributed by atoms with van der Waals surface area (Å²) in [6.07, 6.45) is 1.88. The molecule has 2 fully saturated rings. The molecule has 2 aromatic heterocycles. The second-order valence-corrected chi connectivity index (χ2v) is 19.5. The summed E-state index contributed by atoms with van der Waals surface area (Å²) in [5.74, 6) is -2.36. The molecule has 2 aliphatic heterocycles. The smallest absolute Gasteiger partial charge is 0.348 e. The highest BCUT2D eigenvalue weighted by Gasteiger charge is 2.25. The van der Waals surface area contributed by atoms with Gasteiger partial charge in [-0.25, -0.2) is 13.8 Å². The molecule has 4 amide bonds. The zero-order valence-corrected chi connectivity index (χ0v) is 44.0. The van der Waals surface area contributed by atoms with Crippen LogP contribution in [0.3, 0.4) is 0 Å². The predicted octanol–water partition coefficient (Wildman–Crippen LogP) is 6.56. The van der Waals surface area contributed by atoms with Crippen LogP contribution in [0.15, 0.2) is 72.8 Å². The van der Waals surface area contributed by atoms with Gasteiger partial charge in [0.1, 0.15) is 17.3 Å². The quantitative estimate of drug-likeness (QED) is 0.0172. The standard InChI is InChI=1S/C53H62F2N12O10S/c1-33-52(67(72)73)78-53(58-33)62-51(71)42-6-4-40(30-46(42)59-34(2)68)56-11-19-75-21-23-77-24-22-76-20-12-57-48(69)32-65-13-15-66(16-14-65)41-5-7-43(47(31-41)60-39-9-17-74-18-10-39)50(70)61-49-44-28-35(3-8-45(44)63-64-49)25-36-26-37(54)29-38(55)27-36/h3-8,26-31,39,56,60H,9-25,32H2,1-2H3,(H,57,69)(H,59,68)(H,58,62,71)(H2,61,63,64,70). The summed E-state index contributed by atoms with van der Waals surface area (Å²) in [6, 6.07) is 19.6. The number of rotatable bonds is 26. The number of hydrogen-bond donors (Lipinski definition) is 7. The molecule has 0 radical (unpaired) electrons. The number of ether oxygens (including phenoxy) is 4. The molecule has 7 N–H and O–H groups in total. The minimum absolute atomic E-state index is 0.0703. The molecule has 0 spiro atoms. The minimum Gasteiger partial charge on any atom is -0.383 e. The summed E-state index contributed by atoms with van der Waals surface area (Å²) >= 11 is 0.745. The van der Waals surface area contributed by atoms with Gasteiger partial charge in [-0.2, -0.15) is 5.10 Å². The Morgan fingerprint density at radius 3 is 2.18 bits per heavy atom.